The molecule has 0 bridgehead atoms. The lowest BCUT2D eigenvalue weighted by Crippen LogP contribution is -2.19. The second-order valence-corrected chi connectivity index (χ2v) is 2.25. The van der Waals surface area contributed by atoms with Gasteiger partial charge in [-0.3, -0.25) is 4.79 Å². The summed E-state index contributed by atoms with van der Waals surface area (Å²) in [6, 6.07) is 0. The number of nitrogens with one attached hydrogen (secondary N) is 1. The van der Waals surface area contributed by atoms with Gasteiger partial charge in [0, 0.05) is 6.42 Å². The van der Waals surface area contributed by atoms with Crippen molar-refractivity contribution in [1.82, 2.24) is 5.32 Å². The van der Waals surface area contributed by atoms with Crippen LogP contribution in [0.5, 0.6) is 0 Å². The van der Waals surface area contributed by atoms with E-state index in [1.807, 2.05) is 0 Å². The molecule has 0 aromatic heterocycles. The Morgan fingerprint density at radius 3 is 2.71 bits per heavy atom. The molecular weight excluding hydrogens is 110 g/mol. The fourth-order valence-corrected chi connectivity index (χ4v) is 0.871. The highest BCUT2D eigenvalue weighted by molar-refractivity contribution is 7.80. The van der Waals surface area contributed by atoms with Gasteiger partial charge < -0.3 is 5.32 Å². The Balaban J connectivity index is 2.40. The van der Waals surface area contributed by atoms with Crippen LogP contribution in [0.3, 0.4) is 0 Å². The summed E-state index contributed by atoms with van der Waals surface area (Å²) in [4.78, 5) is 10.3. The van der Waals surface area contributed by atoms with Gasteiger partial charge in [0.05, 0.1) is 5.37 Å². The lowest BCUT2D eigenvalue weighted by Gasteiger charge is -1.94. The monoisotopic (exact) mass is 117 g/mol. The topological polar surface area (TPSA) is 29.1 Å². The average Bonchev–Trinajstić information content (AvgIpc) is 1.87. The molecule has 1 fully saturated rings. The van der Waals surface area contributed by atoms with Crippen molar-refractivity contribution in [2.24, 2.45) is 0 Å². The summed E-state index contributed by atoms with van der Waals surface area (Å²) in [5, 5.41) is 2.76. The molecule has 1 rings (SSSR count). The molecule has 1 atom stereocenters. The maximum absolute atomic E-state index is 10.3. The van der Waals surface area contributed by atoms with Crippen molar-refractivity contribution in [1.29, 1.82) is 0 Å². The standard InChI is InChI=1S/C4H7NOS/c6-3-1-2-4(7)5-3/h4,7H,1-2H2,(H,5,6). The molecule has 0 aromatic rings. The normalized spacial score (nSPS) is 30.4. The number of thiol groups is 1. The highest BCUT2D eigenvalue weighted by atomic mass is 32.1. The molecule has 2 nitrogen and oxygen atoms in total. The van der Waals surface area contributed by atoms with E-state index >= 15 is 0 Å². The van der Waals surface area contributed by atoms with Crippen LogP contribution in [0.2, 0.25) is 0 Å². The van der Waals surface area contributed by atoms with Crippen LogP contribution in [0.4, 0.5) is 0 Å². The van der Waals surface area contributed by atoms with Crippen molar-refractivity contribution >= 4 is 18.5 Å². The SMILES string of the molecule is O=C1CCC(S)N1. The predicted octanol–water partition coefficient (Wildman–Crippen LogP) is 0.152. The van der Waals surface area contributed by atoms with E-state index in [0.717, 1.165) is 6.42 Å². The Morgan fingerprint density at radius 2 is 2.57 bits per heavy atom. The van der Waals surface area contributed by atoms with Gasteiger partial charge in [-0.2, -0.15) is 12.6 Å². The molecule has 40 valence electrons. The summed E-state index contributed by atoms with van der Waals surface area (Å²) in [5.41, 5.74) is 0. The first-order valence-corrected chi connectivity index (χ1v) is 2.78. The molecule has 1 unspecified atom stereocenters. The molecule has 1 saturated heterocycles. The van der Waals surface area contributed by atoms with Gasteiger partial charge >= 0.3 is 0 Å². The second-order valence-electron chi connectivity index (χ2n) is 1.62. The van der Waals surface area contributed by atoms with E-state index in [-0.39, 0.29) is 11.3 Å². The predicted molar refractivity (Wildman–Crippen MR) is 30.2 cm³/mol. The quantitative estimate of drug-likeness (QED) is 0.434. The van der Waals surface area contributed by atoms with Crippen LogP contribution >= 0.6 is 12.6 Å². The first kappa shape index (κ1) is 4.97. The van der Waals surface area contributed by atoms with Gasteiger partial charge in [-0.15, -0.1) is 0 Å². The molecule has 1 aliphatic heterocycles. The molecule has 7 heavy (non-hydrogen) atoms. The van der Waals surface area contributed by atoms with E-state index in [0.29, 0.717) is 6.42 Å². The van der Waals surface area contributed by atoms with Crippen LogP contribution in [0, 0.1) is 0 Å². The van der Waals surface area contributed by atoms with Gasteiger partial charge in [0.1, 0.15) is 0 Å². The third-order valence-electron chi connectivity index (χ3n) is 0.972. The van der Waals surface area contributed by atoms with E-state index in [4.69, 9.17) is 0 Å². The van der Waals surface area contributed by atoms with Crippen molar-refractivity contribution < 1.29 is 4.79 Å². The number of hydrogen-bond donors (Lipinski definition) is 2. The molecule has 0 spiro atoms. The van der Waals surface area contributed by atoms with Gasteiger partial charge in [0.25, 0.3) is 0 Å². The summed E-state index contributed by atoms with van der Waals surface area (Å²) in [6.45, 7) is 0. The molecule has 0 aromatic carbocycles. The molecule has 1 amide bonds. The smallest absolute Gasteiger partial charge is 0.220 e. The van der Waals surface area contributed by atoms with E-state index in [9.17, 15) is 4.79 Å². The zero-order chi connectivity index (χ0) is 5.28. The van der Waals surface area contributed by atoms with Crippen LogP contribution < -0.4 is 5.32 Å². The maximum atomic E-state index is 10.3. The highest BCUT2D eigenvalue weighted by Crippen LogP contribution is 2.07. The minimum absolute atomic E-state index is 0.118. The first-order chi connectivity index (χ1) is 3.29. The maximum Gasteiger partial charge on any atom is 0.220 e. The van der Waals surface area contributed by atoms with Crippen molar-refractivity contribution in [3.63, 3.8) is 0 Å². The molecule has 1 heterocycles. The van der Waals surface area contributed by atoms with Crippen molar-refractivity contribution in [3.05, 3.63) is 0 Å². The summed E-state index contributed by atoms with van der Waals surface area (Å²) >= 11 is 4.02. The van der Waals surface area contributed by atoms with Gasteiger partial charge in [0.2, 0.25) is 5.91 Å². The molecule has 3 heteroatoms. The average molecular weight is 117 g/mol. The summed E-state index contributed by atoms with van der Waals surface area (Å²) in [7, 11) is 0. The number of carbonyl (C=O) groups is 1. The van der Waals surface area contributed by atoms with Crippen LogP contribution in [0.25, 0.3) is 0 Å². The minimum Gasteiger partial charge on any atom is -0.345 e. The Labute approximate surface area is 47.7 Å². The molecule has 1 N–H and O–H groups in total. The molecule has 1 aliphatic rings. The van der Waals surface area contributed by atoms with Crippen molar-refractivity contribution in [2.45, 2.75) is 18.2 Å². The molecule has 0 saturated carbocycles. The van der Waals surface area contributed by atoms with E-state index in [1.54, 1.807) is 0 Å². The summed E-state index contributed by atoms with van der Waals surface area (Å²) in [6.07, 6.45) is 1.52. The van der Waals surface area contributed by atoms with Gasteiger partial charge in [-0.05, 0) is 6.42 Å². The Bertz CT molecular complexity index is 93.7. The van der Waals surface area contributed by atoms with Crippen molar-refractivity contribution in [2.75, 3.05) is 0 Å². The molecule has 0 radical (unpaired) electrons. The number of amides is 1. The lowest BCUT2D eigenvalue weighted by molar-refractivity contribution is -0.119. The molecule has 0 aliphatic carbocycles. The van der Waals surface area contributed by atoms with E-state index in [1.165, 1.54) is 0 Å². The van der Waals surface area contributed by atoms with Crippen molar-refractivity contribution in [3.8, 4) is 0 Å². The van der Waals surface area contributed by atoms with Crippen LogP contribution in [-0.2, 0) is 4.79 Å². The highest BCUT2D eigenvalue weighted by Gasteiger charge is 2.15. The van der Waals surface area contributed by atoms with Crippen LogP contribution in [-0.4, -0.2) is 11.3 Å². The van der Waals surface area contributed by atoms with E-state index < -0.39 is 0 Å². The third kappa shape index (κ3) is 1.09. The Kier molecular flexibility index (Phi) is 1.23. The molecular formula is C4H7NOS. The minimum atomic E-state index is 0.118. The second kappa shape index (κ2) is 1.74. The van der Waals surface area contributed by atoms with Crippen LogP contribution in [0.15, 0.2) is 0 Å². The number of carbonyl (C=O) groups excluding carboxylic acids is 1. The zero-order valence-corrected chi connectivity index (χ0v) is 4.74. The fourth-order valence-electron chi connectivity index (χ4n) is 0.598. The summed E-state index contributed by atoms with van der Waals surface area (Å²) < 4.78 is 0. The first-order valence-electron chi connectivity index (χ1n) is 2.26. The number of hydrogen-bond acceptors (Lipinski definition) is 2. The van der Waals surface area contributed by atoms with Gasteiger partial charge in [-0.1, -0.05) is 0 Å². The summed E-state index contributed by atoms with van der Waals surface area (Å²) in [5.74, 6) is 0.125. The van der Waals surface area contributed by atoms with Gasteiger partial charge in [0.15, 0.2) is 0 Å². The lowest BCUT2D eigenvalue weighted by atomic mass is 10.4. The van der Waals surface area contributed by atoms with Gasteiger partial charge in [-0.25, -0.2) is 0 Å². The Hall–Kier alpha value is -0.180. The fraction of sp³-hybridized carbons (Fsp3) is 0.750. The zero-order valence-electron chi connectivity index (χ0n) is 3.85. The largest absolute Gasteiger partial charge is 0.345 e. The van der Waals surface area contributed by atoms with E-state index in [2.05, 4.69) is 17.9 Å². The van der Waals surface area contributed by atoms with Crippen LogP contribution in [0.1, 0.15) is 12.8 Å². The number of rotatable bonds is 0. The third-order valence-corrected chi connectivity index (χ3v) is 1.36. The Morgan fingerprint density at radius 1 is 1.86 bits per heavy atom.